The number of aryl methyl sites for hydroxylation is 2. The first-order chi connectivity index (χ1) is 8.75. The summed E-state index contributed by atoms with van der Waals surface area (Å²) in [6.45, 7) is 0. The highest BCUT2D eigenvalue weighted by atomic mass is 15.1. The molecule has 2 aromatic rings. The maximum Gasteiger partial charge on any atom is 0.0641 e. The Morgan fingerprint density at radius 3 is 2.61 bits per heavy atom. The first-order valence-corrected chi connectivity index (χ1v) is 6.46. The van der Waals surface area contributed by atoms with Gasteiger partial charge in [-0.1, -0.05) is 18.2 Å². The van der Waals surface area contributed by atoms with E-state index in [1.807, 2.05) is 18.2 Å². The van der Waals surface area contributed by atoms with E-state index in [1.165, 1.54) is 36.1 Å². The van der Waals surface area contributed by atoms with Crippen LogP contribution in [-0.2, 0) is 12.8 Å². The fraction of sp³-hybridized carbons (Fsp3) is 0.250. The number of anilines is 3. The van der Waals surface area contributed by atoms with Gasteiger partial charge in [0.15, 0.2) is 0 Å². The molecule has 18 heavy (non-hydrogen) atoms. The minimum Gasteiger partial charge on any atom is -0.397 e. The molecule has 2 N–H and O–H groups in total. The highest BCUT2D eigenvalue weighted by Gasteiger charge is 2.13. The summed E-state index contributed by atoms with van der Waals surface area (Å²) in [6, 6.07) is 14.7. The van der Waals surface area contributed by atoms with Crippen molar-refractivity contribution in [3.05, 3.63) is 53.6 Å². The number of fused-ring (bicyclic) bond motifs is 1. The fourth-order valence-electron chi connectivity index (χ4n) is 2.70. The third-order valence-electron chi connectivity index (χ3n) is 3.77. The van der Waals surface area contributed by atoms with Crippen LogP contribution < -0.4 is 10.6 Å². The Kier molecular flexibility index (Phi) is 2.71. The highest BCUT2D eigenvalue weighted by molar-refractivity contribution is 5.74. The lowest BCUT2D eigenvalue weighted by Gasteiger charge is -2.22. The molecule has 92 valence electrons. The Hall–Kier alpha value is -1.96. The molecule has 2 nitrogen and oxygen atoms in total. The maximum atomic E-state index is 6.03. The van der Waals surface area contributed by atoms with E-state index in [2.05, 4.69) is 36.2 Å². The average Bonchev–Trinajstić information content (AvgIpc) is 2.85. The van der Waals surface area contributed by atoms with Gasteiger partial charge in [-0.15, -0.1) is 0 Å². The molecular formula is C16H18N2. The van der Waals surface area contributed by atoms with Crippen LogP contribution in [0, 0.1) is 0 Å². The zero-order valence-electron chi connectivity index (χ0n) is 10.7. The minimum atomic E-state index is 0.820. The van der Waals surface area contributed by atoms with Crippen molar-refractivity contribution >= 4 is 17.1 Å². The zero-order valence-corrected chi connectivity index (χ0v) is 10.7. The topological polar surface area (TPSA) is 29.3 Å². The summed E-state index contributed by atoms with van der Waals surface area (Å²) in [6.07, 6.45) is 3.73. The lowest BCUT2D eigenvalue weighted by molar-refractivity contribution is 0.911. The van der Waals surface area contributed by atoms with Gasteiger partial charge in [0.1, 0.15) is 0 Å². The summed E-state index contributed by atoms with van der Waals surface area (Å²) in [5.41, 5.74) is 12.1. The molecule has 2 heteroatoms. The van der Waals surface area contributed by atoms with Crippen molar-refractivity contribution in [1.29, 1.82) is 0 Å². The molecule has 0 radical (unpaired) electrons. The predicted octanol–water partition coefficient (Wildman–Crippen LogP) is 3.53. The van der Waals surface area contributed by atoms with E-state index in [0.717, 1.165) is 11.4 Å². The summed E-state index contributed by atoms with van der Waals surface area (Å²) < 4.78 is 0. The number of hydrogen-bond acceptors (Lipinski definition) is 2. The molecule has 0 bridgehead atoms. The van der Waals surface area contributed by atoms with Crippen molar-refractivity contribution in [1.82, 2.24) is 0 Å². The minimum absolute atomic E-state index is 0.820. The molecule has 0 atom stereocenters. The number of para-hydroxylation sites is 2. The van der Waals surface area contributed by atoms with Gasteiger partial charge in [-0.2, -0.15) is 0 Å². The van der Waals surface area contributed by atoms with Gasteiger partial charge in [-0.3, -0.25) is 0 Å². The van der Waals surface area contributed by atoms with Crippen molar-refractivity contribution in [3.63, 3.8) is 0 Å². The van der Waals surface area contributed by atoms with Crippen LogP contribution in [0.5, 0.6) is 0 Å². The first kappa shape index (κ1) is 11.1. The molecule has 1 aliphatic rings. The summed E-state index contributed by atoms with van der Waals surface area (Å²) >= 11 is 0. The highest BCUT2D eigenvalue weighted by Crippen LogP contribution is 2.32. The van der Waals surface area contributed by atoms with Crippen LogP contribution >= 0.6 is 0 Å². The molecule has 1 aliphatic carbocycles. The second kappa shape index (κ2) is 4.37. The quantitative estimate of drug-likeness (QED) is 0.811. The molecular weight excluding hydrogens is 220 g/mol. The van der Waals surface area contributed by atoms with Gasteiger partial charge >= 0.3 is 0 Å². The van der Waals surface area contributed by atoms with Crippen LogP contribution in [0.2, 0.25) is 0 Å². The molecule has 0 heterocycles. The number of nitrogens with two attached hydrogens (primary N) is 1. The van der Waals surface area contributed by atoms with Crippen molar-refractivity contribution in [2.75, 3.05) is 17.7 Å². The summed E-state index contributed by atoms with van der Waals surface area (Å²) in [5, 5.41) is 0. The normalized spacial score (nSPS) is 13.4. The van der Waals surface area contributed by atoms with Crippen LogP contribution in [0.4, 0.5) is 17.1 Å². The average molecular weight is 238 g/mol. The molecule has 0 saturated carbocycles. The first-order valence-electron chi connectivity index (χ1n) is 6.46. The van der Waals surface area contributed by atoms with Gasteiger partial charge in [-0.25, -0.2) is 0 Å². The van der Waals surface area contributed by atoms with Crippen molar-refractivity contribution in [3.8, 4) is 0 Å². The van der Waals surface area contributed by atoms with E-state index in [4.69, 9.17) is 5.73 Å². The van der Waals surface area contributed by atoms with Crippen molar-refractivity contribution in [2.24, 2.45) is 0 Å². The van der Waals surface area contributed by atoms with E-state index in [9.17, 15) is 0 Å². The van der Waals surface area contributed by atoms with Gasteiger partial charge in [-0.05, 0) is 54.7 Å². The molecule has 0 fully saturated rings. The van der Waals surface area contributed by atoms with Crippen LogP contribution in [0.1, 0.15) is 17.5 Å². The Balaban J connectivity index is 1.98. The second-order valence-corrected chi connectivity index (χ2v) is 4.92. The Bertz CT molecular complexity index is 575. The Labute approximate surface area is 108 Å². The van der Waals surface area contributed by atoms with Gasteiger partial charge < -0.3 is 10.6 Å². The second-order valence-electron chi connectivity index (χ2n) is 4.92. The van der Waals surface area contributed by atoms with Gasteiger partial charge in [0.25, 0.3) is 0 Å². The summed E-state index contributed by atoms with van der Waals surface area (Å²) in [5.74, 6) is 0. The van der Waals surface area contributed by atoms with E-state index < -0.39 is 0 Å². The third kappa shape index (κ3) is 1.84. The van der Waals surface area contributed by atoms with E-state index >= 15 is 0 Å². The molecule has 0 aromatic heterocycles. The standard InChI is InChI=1S/C16H18N2/c1-18(16-8-3-2-7-15(16)17)14-10-9-12-5-4-6-13(12)11-14/h2-3,7-11H,4-6,17H2,1H3. The van der Waals surface area contributed by atoms with Crippen molar-refractivity contribution < 1.29 is 0 Å². The molecule has 0 spiro atoms. The molecule has 3 rings (SSSR count). The molecule has 0 saturated heterocycles. The van der Waals surface area contributed by atoms with E-state index in [0.29, 0.717) is 0 Å². The lowest BCUT2D eigenvalue weighted by Crippen LogP contribution is -2.11. The van der Waals surface area contributed by atoms with Gasteiger partial charge in [0.05, 0.1) is 11.4 Å². The molecule has 0 unspecified atom stereocenters. The lowest BCUT2D eigenvalue weighted by atomic mass is 10.1. The van der Waals surface area contributed by atoms with Crippen LogP contribution in [0.25, 0.3) is 0 Å². The van der Waals surface area contributed by atoms with Crippen molar-refractivity contribution in [2.45, 2.75) is 19.3 Å². The molecule has 0 amide bonds. The SMILES string of the molecule is CN(c1ccc2c(c1)CCC2)c1ccccc1N. The van der Waals surface area contributed by atoms with E-state index in [1.54, 1.807) is 0 Å². The largest absolute Gasteiger partial charge is 0.397 e. The zero-order chi connectivity index (χ0) is 12.5. The maximum absolute atomic E-state index is 6.03. The predicted molar refractivity (Wildman–Crippen MR) is 77.4 cm³/mol. The number of nitrogens with zero attached hydrogens (tertiary/aromatic N) is 1. The Morgan fingerprint density at radius 1 is 1.00 bits per heavy atom. The summed E-state index contributed by atoms with van der Waals surface area (Å²) in [4.78, 5) is 2.16. The van der Waals surface area contributed by atoms with Crippen LogP contribution in [0.3, 0.4) is 0 Å². The van der Waals surface area contributed by atoms with Crippen LogP contribution in [0.15, 0.2) is 42.5 Å². The Morgan fingerprint density at radius 2 is 1.78 bits per heavy atom. The number of benzene rings is 2. The fourth-order valence-corrected chi connectivity index (χ4v) is 2.70. The molecule has 2 aromatic carbocycles. The van der Waals surface area contributed by atoms with Gasteiger partial charge in [0.2, 0.25) is 0 Å². The molecule has 0 aliphatic heterocycles. The van der Waals surface area contributed by atoms with Gasteiger partial charge in [0, 0.05) is 12.7 Å². The third-order valence-corrected chi connectivity index (χ3v) is 3.77. The smallest absolute Gasteiger partial charge is 0.0641 e. The number of hydrogen-bond donors (Lipinski definition) is 1. The summed E-state index contributed by atoms with van der Waals surface area (Å²) in [7, 11) is 2.07. The monoisotopic (exact) mass is 238 g/mol. The van der Waals surface area contributed by atoms with E-state index in [-0.39, 0.29) is 0 Å². The number of rotatable bonds is 2. The number of nitrogen functional groups attached to an aromatic ring is 1. The van der Waals surface area contributed by atoms with Crippen LogP contribution in [-0.4, -0.2) is 7.05 Å².